The lowest BCUT2D eigenvalue weighted by atomic mass is 10.1. The molecule has 0 spiro atoms. The molecule has 1 heterocycles. The molecule has 7 nitrogen and oxygen atoms in total. The van der Waals surface area contributed by atoms with E-state index in [0.717, 1.165) is 0 Å². The molecular formula is C11H18N2O5. The Morgan fingerprint density at radius 1 is 1.61 bits per heavy atom. The smallest absolute Gasteiger partial charge is 0.326 e. The van der Waals surface area contributed by atoms with Crippen molar-refractivity contribution in [3.05, 3.63) is 0 Å². The van der Waals surface area contributed by atoms with Gasteiger partial charge in [-0.2, -0.15) is 0 Å². The standard InChI is InChI=1S/C11H18N2O5/c1-18-10(15)3-2-8(11(16)17)13-6-7(5-12)4-9(13)14/h7-8H,2-6,12H2,1H3,(H,16,17)/t7?,8-/m1/s1. The molecule has 7 heteroatoms. The molecule has 0 aromatic heterocycles. The van der Waals surface area contributed by atoms with Gasteiger partial charge in [-0.25, -0.2) is 4.79 Å². The monoisotopic (exact) mass is 258 g/mol. The third kappa shape index (κ3) is 3.43. The minimum absolute atomic E-state index is 0.00234. The third-order valence-corrected chi connectivity index (χ3v) is 3.08. The van der Waals surface area contributed by atoms with Crippen LogP contribution in [0.3, 0.4) is 0 Å². The van der Waals surface area contributed by atoms with Gasteiger partial charge in [0.05, 0.1) is 7.11 Å². The predicted molar refractivity (Wildman–Crippen MR) is 61.5 cm³/mol. The summed E-state index contributed by atoms with van der Waals surface area (Å²) in [6.07, 6.45) is 0.314. The molecule has 18 heavy (non-hydrogen) atoms. The first kappa shape index (κ1) is 14.4. The Hall–Kier alpha value is -1.63. The molecule has 0 saturated carbocycles. The maximum atomic E-state index is 11.7. The Balaban J connectivity index is 2.65. The Labute approximate surface area is 105 Å². The highest BCUT2D eigenvalue weighted by molar-refractivity contribution is 5.85. The van der Waals surface area contributed by atoms with Crippen molar-refractivity contribution < 1.29 is 24.2 Å². The molecule has 1 aliphatic heterocycles. The van der Waals surface area contributed by atoms with Crippen LogP contribution in [-0.2, 0) is 19.1 Å². The third-order valence-electron chi connectivity index (χ3n) is 3.08. The number of hydrogen-bond donors (Lipinski definition) is 2. The number of carboxylic acid groups (broad SMARTS) is 1. The summed E-state index contributed by atoms with van der Waals surface area (Å²) in [5.74, 6) is -1.81. The summed E-state index contributed by atoms with van der Waals surface area (Å²) in [5.41, 5.74) is 5.48. The van der Waals surface area contributed by atoms with Crippen molar-refractivity contribution in [1.82, 2.24) is 4.90 Å². The zero-order chi connectivity index (χ0) is 13.7. The van der Waals surface area contributed by atoms with Crippen LogP contribution < -0.4 is 5.73 Å². The fourth-order valence-electron chi connectivity index (χ4n) is 2.04. The number of methoxy groups -OCH3 is 1. The SMILES string of the molecule is COC(=O)CC[C@H](C(=O)O)N1CC(CN)CC1=O. The molecule has 3 N–H and O–H groups in total. The summed E-state index contributed by atoms with van der Waals surface area (Å²) < 4.78 is 4.46. The van der Waals surface area contributed by atoms with E-state index in [0.29, 0.717) is 13.1 Å². The van der Waals surface area contributed by atoms with Gasteiger partial charge >= 0.3 is 11.9 Å². The molecule has 1 fully saturated rings. The Bertz CT molecular complexity index is 344. The van der Waals surface area contributed by atoms with Crippen LogP contribution in [0.15, 0.2) is 0 Å². The molecule has 1 unspecified atom stereocenters. The molecule has 2 atom stereocenters. The summed E-state index contributed by atoms with van der Waals surface area (Å²) in [7, 11) is 1.24. The molecular weight excluding hydrogens is 240 g/mol. The largest absolute Gasteiger partial charge is 0.480 e. The molecule has 0 bridgehead atoms. The lowest BCUT2D eigenvalue weighted by Gasteiger charge is -2.24. The van der Waals surface area contributed by atoms with Gasteiger partial charge < -0.3 is 20.5 Å². The van der Waals surface area contributed by atoms with E-state index in [1.807, 2.05) is 0 Å². The minimum atomic E-state index is -1.11. The summed E-state index contributed by atoms with van der Waals surface area (Å²) >= 11 is 0. The van der Waals surface area contributed by atoms with Crippen LogP contribution in [0.1, 0.15) is 19.3 Å². The number of nitrogens with two attached hydrogens (primary N) is 1. The summed E-state index contributed by atoms with van der Waals surface area (Å²) in [6.45, 7) is 0.694. The second kappa shape index (κ2) is 6.34. The highest BCUT2D eigenvalue weighted by Gasteiger charge is 2.37. The maximum Gasteiger partial charge on any atom is 0.326 e. The van der Waals surface area contributed by atoms with Crippen LogP contribution in [0.4, 0.5) is 0 Å². The Kier molecular flexibility index (Phi) is 5.08. The first-order valence-electron chi connectivity index (χ1n) is 5.78. The van der Waals surface area contributed by atoms with Gasteiger partial charge in [-0.05, 0) is 18.9 Å². The van der Waals surface area contributed by atoms with E-state index in [1.54, 1.807) is 0 Å². The topological polar surface area (TPSA) is 110 Å². The van der Waals surface area contributed by atoms with Gasteiger partial charge in [0.25, 0.3) is 0 Å². The number of rotatable bonds is 6. The van der Waals surface area contributed by atoms with Gasteiger partial charge in [0.15, 0.2) is 0 Å². The second-order valence-electron chi connectivity index (χ2n) is 4.32. The van der Waals surface area contributed by atoms with Gasteiger partial charge in [0.1, 0.15) is 6.04 Å². The van der Waals surface area contributed by atoms with E-state index in [4.69, 9.17) is 10.8 Å². The summed E-state index contributed by atoms with van der Waals surface area (Å²) in [5, 5.41) is 9.12. The van der Waals surface area contributed by atoms with Crippen LogP contribution in [0.2, 0.25) is 0 Å². The fraction of sp³-hybridized carbons (Fsp3) is 0.727. The molecule has 0 aromatic carbocycles. The first-order valence-corrected chi connectivity index (χ1v) is 5.78. The van der Waals surface area contributed by atoms with Gasteiger partial charge in [0.2, 0.25) is 5.91 Å². The highest BCUT2D eigenvalue weighted by Crippen LogP contribution is 2.21. The number of carboxylic acids is 1. The molecule has 0 radical (unpaired) electrons. The van der Waals surface area contributed by atoms with Gasteiger partial charge in [0, 0.05) is 19.4 Å². The van der Waals surface area contributed by atoms with Crippen molar-refractivity contribution in [2.45, 2.75) is 25.3 Å². The van der Waals surface area contributed by atoms with E-state index in [2.05, 4.69) is 4.74 Å². The number of aliphatic carboxylic acids is 1. The molecule has 0 aliphatic carbocycles. The van der Waals surface area contributed by atoms with Crippen LogP contribution in [0, 0.1) is 5.92 Å². The van der Waals surface area contributed by atoms with Crippen LogP contribution in [0.5, 0.6) is 0 Å². The molecule has 1 amide bonds. The maximum absolute atomic E-state index is 11.7. The number of likely N-dealkylation sites (tertiary alicyclic amines) is 1. The normalized spacial score (nSPS) is 20.9. The zero-order valence-corrected chi connectivity index (χ0v) is 10.3. The van der Waals surface area contributed by atoms with Crippen molar-refractivity contribution >= 4 is 17.8 Å². The number of nitrogens with zero attached hydrogens (tertiary/aromatic N) is 1. The quantitative estimate of drug-likeness (QED) is 0.603. The number of esters is 1. The van der Waals surface area contributed by atoms with Gasteiger partial charge in [-0.3, -0.25) is 9.59 Å². The minimum Gasteiger partial charge on any atom is -0.480 e. The van der Waals surface area contributed by atoms with Gasteiger partial charge in [-0.1, -0.05) is 0 Å². The molecule has 102 valence electrons. The Morgan fingerprint density at radius 3 is 2.72 bits per heavy atom. The fourth-order valence-corrected chi connectivity index (χ4v) is 2.04. The number of ether oxygens (including phenoxy) is 1. The second-order valence-corrected chi connectivity index (χ2v) is 4.32. The van der Waals surface area contributed by atoms with Crippen molar-refractivity contribution in [1.29, 1.82) is 0 Å². The van der Waals surface area contributed by atoms with Gasteiger partial charge in [-0.15, -0.1) is 0 Å². The van der Waals surface area contributed by atoms with E-state index < -0.39 is 18.0 Å². The summed E-state index contributed by atoms with van der Waals surface area (Å²) in [6, 6.07) is -0.979. The number of carbonyl (C=O) groups is 3. The zero-order valence-electron chi connectivity index (χ0n) is 10.3. The van der Waals surface area contributed by atoms with Crippen LogP contribution in [-0.4, -0.2) is 54.1 Å². The van der Waals surface area contributed by atoms with E-state index in [9.17, 15) is 14.4 Å². The number of hydrogen-bond acceptors (Lipinski definition) is 5. The van der Waals surface area contributed by atoms with Crippen molar-refractivity contribution in [2.24, 2.45) is 11.7 Å². The summed E-state index contributed by atoms with van der Waals surface area (Å²) in [4.78, 5) is 35.2. The van der Waals surface area contributed by atoms with Crippen molar-refractivity contribution in [3.63, 3.8) is 0 Å². The molecule has 1 rings (SSSR count). The Morgan fingerprint density at radius 2 is 2.28 bits per heavy atom. The average Bonchev–Trinajstić information content (AvgIpc) is 2.70. The van der Waals surface area contributed by atoms with E-state index >= 15 is 0 Å². The molecule has 1 saturated heterocycles. The lowest BCUT2D eigenvalue weighted by Crippen LogP contribution is -2.42. The first-order chi connectivity index (χ1) is 8.49. The average molecular weight is 258 g/mol. The van der Waals surface area contributed by atoms with Crippen molar-refractivity contribution in [3.8, 4) is 0 Å². The van der Waals surface area contributed by atoms with Crippen molar-refractivity contribution in [2.75, 3.05) is 20.2 Å². The van der Waals surface area contributed by atoms with Crippen LogP contribution in [0.25, 0.3) is 0 Å². The molecule has 0 aromatic rings. The number of amides is 1. The van der Waals surface area contributed by atoms with Crippen LogP contribution >= 0.6 is 0 Å². The number of carbonyl (C=O) groups excluding carboxylic acids is 2. The highest BCUT2D eigenvalue weighted by atomic mass is 16.5. The van der Waals surface area contributed by atoms with E-state index in [1.165, 1.54) is 12.0 Å². The molecule has 1 aliphatic rings. The van der Waals surface area contributed by atoms with E-state index in [-0.39, 0.29) is 31.1 Å². The predicted octanol–water partition coefficient (Wildman–Crippen LogP) is -0.800. The lowest BCUT2D eigenvalue weighted by molar-refractivity contribution is -0.149.